The highest BCUT2D eigenvalue weighted by Gasteiger charge is 2.35. The first kappa shape index (κ1) is 19.0. The van der Waals surface area contributed by atoms with Crippen LogP contribution in [0, 0.1) is 17.3 Å². The van der Waals surface area contributed by atoms with E-state index >= 15 is 0 Å². The molecule has 19 heavy (non-hydrogen) atoms. The summed E-state index contributed by atoms with van der Waals surface area (Å²) in [5, 5.41) is 10.6. The van der Waals surface area contributed by atoms with Crippen molar-refractivity contribution in [3.8, 4) is 0 Å². The number of hydrogen-bond acceptors (Lipinski definition) is 1. The third-order valence-corrected chi connectivity index (χ3v) is 5.26. The van der Waals surface area contributed by atoms with Gasteiger partial charge in [0, 0.05) is 0 Å². The van der Waals surface area contributed by atoms with E-state index < -0.39 is 0 Å². The van der Waals surface area contributed by atoms with Crippen LogP contribution < -0.4 is 0 Å². The summed E-state index contributed by atoms with van der Waals surface area (Å²) in [7, 11) is 0. The standard InChI is InChI=1S/C18H38O/c1-7-10-11-16(9-3)12-13-17(19)18(6,14-8-2)15(4)5/h15-17,19H,7-14H2,1-6H3/t16?,17-,18?/m1/s1. The first-order chi connectivity index (χ1) is 8.92. The molecule has 116 valence electrons. The average molecular weight is 271 g/mol. The van der Waals surface area contributed by atoms with Gasteiger partial charge in [0.05, 0.1) is 6.10 Å². The highest BCUT2D eigenvalue weighted by molar-refractivity contribution is 4.85. The van der Waals surface area contributed by atoms with Crippen LogP contribution in [0.1, 0.15) is 92.9 Å². The van der Waals surface area contributed by atoms with Gasteiger partial charge in [-0.2, -0.15) is 0 Å². The van der Waals surface area contributed by atoms with E-state index in [1.54, 1.807) is 0 Å². The van der Waals surface area contributed by atoms with E-state index in [4.69, 9.17) is 0 Å². The highest BCUT2D eigenvalue weighted by atomic mass is 16.3. The molecule has 0 amide bonds. The van der Waals surface area contributed by atoms with Crippen LogP contribution in [0.25, 0.3) is 0 Å². The Morgan fingerprint density at radius 1 is 0.947 bits per heavy atom. The maximum Gasteiger partial charge on any atom is 0.0596 e. The van der Waals surface area contributed by atoms with Crippen LogP contribution in [0.3, 0.4) is 0 Å². The third-order valence-electron chi connectivity index (χ3n) is 5.26. The minimum atomic E-state index is -0.136. The first-order valence-electron chi connectivity index (χ1n) is 8.60. The van der Waals surface area contributed by atoms with Gasteiger partial charge in [0.2, 0.25) is 0 Å². The number of unbranched alkanes of at least 4 members (excludes halogenated alkanes) is 1. The van der Waals surface area contributed by atoms with Gasteiger partial charge in [-0.3, -0.25) is 0 Å². The molecule has 0 fully saturated rings. The molecule has 0 saturated heterocycles. The fourth-order valence-corrected chi connectivity index (χ4v) is 3.15. The average Bonchev–Trinajstić information content (AvgIpc) is 2.38. The van der Waals surface area contributed by atoms with Crippen LogP contribution in [0.2, 0.25) is 0 Å². The smallest absolute Gasteiger partial charge is 0.0596 e. The van der Waals surface area contributed by atoms with Crippen molar-refractivity contribution in [2.75, 3.05) is 0 Å². The summed E-state index contributed by atoms with van der Waals surface area (Å²) in [5.41, 5.74) is 0.0950. The third kappa shape index (κ3) is 6.29. The second-order valence-corrected chi connectivity index (χ2v) is 6.92. The topological polar surface area (TPSA) is 20.2 Å². The molecular weight excluding hydrogens is 232 g/mol. The Balaban J connectivity index is 4.35. The molecule has 0 aliphatic heterocycles. The van der Waals surface area contributed by atoms with E-state index in [0.29, 0.717) is 5.92 Å². The Labute approximate surface area is 122 Å². The second-order valence-electron chi connectivity index (χ2n) is 6.92. The van der Waals surface area contributed by atoms with Gasteiger partial charge in [0.1, 0.15) is 0 Å². The van der Waals surface area contributed by atoms with E-state index in [9.17, 15) is 5.11 Å². The maximum absolute atomic E-state index is 10.6. The number of rotatable bonds is 11. The SMILES string of the molecule is CCCCC(CC)CC[C@@H](O)C(C)(CCC)C(C)C. The van der Waals surface area contributed by atoms with Gasteiger partial charge in [0.25, 0.3) is 0 Å². The molecule has 1 nitrogen and oxygen atoms in total. The molecule has 3 atom stereocenters. The molecule has 2 unspecified atom stereocenters. The van der Waals surface area contributed by atoms with Gasteiger partial charge >= 0.3 is 0 Å². The zero-order valence-electron chi connectivity index (χ0n) is 14.3. The monoisotopic (exact) mass is 270 g/mol. The predicted octanol–water partition coefficient (Wildman–Crippen LogP) is 5.81. The molecule has 0 aromatic rings. The largest absolute Gasteiger partial charge is 0.393 e. The molecule has 0 bridgehead atoms. The van der Waals surface area contributed by atoms with Crippen molar-refractivity contribution >= 4 is 0 Å². The van der Waals surface area contributed by atoms with Gasteiger partial charge in [-0.05, 0) is 36.5 Å². The van der Waals surface area contributed by atoms with Crippen LogP contribution in [0.5, 0.6) is 0 Å². The quantitative estimate of drug-likeness (QED) is 0.502. The van der Waals surface area contributed by atoms with Crippen molar-refractivity contribution in [2.24, 2.45) is 17.3 Å². The predicted molar refractivity (Wildman–Crippen MR) is 86.4 cm³/mol. The normalized spacial score (nSPS) is 18.3. The first-order valence-corrected chi connectivity index (χ1v) is 8.60. The molecule has 0 aromatic carbocycles. The van der Waals surface area contributed by atoms with Crippen molar-refractivity contribution in [1.29, 1.82) is 0 Å². The maximum atomic E-state index is 10.6. The van der Waals surface area contributed by atoms with Crippen molar-refractivity contribution < 1.29 is 5.11 Å². The lowest BCUT2D eigenvalue weighted by Gasteiger charge is -2.39. The van der Waals surface area contributed by atoms with Crippen LogP contribution >= 0.6 is 0 Å². The Bertz CT molecular complexity index is 212. The fraction of sp³-hybridized carbons (Fsp3) is 1.00. The van der Waals surface area contributed by atoms with Crippen molar-refractivity contribution in [2.45, 2.75) is 99.0 Å². The summed E-state index contributed by atoms with van der Waals surface area (Å²) in [4.78, 5) is 0. The minimum Gasteiger partial charge on any atom is -0.393 e. The van der Waals surface area contributed by atoms with E-state index in [0.717, 1.165) is 18.8 Å². The summed E-state index contributed by atoms with van der Waals surface area (Å²) in [5.74, 6) is 1.37. The van der Waals surface area contributed by atoms with E-state index in [1.807, 2.05) is 0 Å². The zero-order chi connectivity index (χ0) is 14.9. The summed E-state index contributed by atoms with van der Waals surface area (Å²) < 4.78 is 0. The Hall–Kier alpha value is -0.0400. The summed E-state index contributed by atoms with van der Waals surface area (Å²) in [6.07, 6.45) is 9.58. The van der Waals surface area contributed by atoms with Crippen molar-refractivity contribution in [3.05, 3.63) is 0 Å². The highest BCUT2D eigenvalue weighted by Crippen LogP contribution is 2.38. The van der Waals surface area contributed by atoms with E-state index in [-0.39, 0.29) is 11.5 Å². The molecule has 0 heterocycles. The molecule has 0 aliphatic carbocycles. The van der Waals surface area contributed by atoms with Gasteiger partial charge in [-0.1, -0.05) is 73.6 Å². The lowest BCUT2D eigenvalue weighted by Crippen LogP contribution is -2.37. The fourth-order valence-electron chi connectivity index (χ4n) is 3.15. The Kier molecular flexibility index (Phi) is 9.78. The summed E-state index contributed by atoms with van der Waals surface area (Å²) in [6.45, 7) is 13.6. The Morgan fingerprint density at radius 2 is 1.58 bits per heavy atom. The number of aliphatic hydroxyl groups excluding tert-OH is 1. The van der Waals surface area contributed by atoms with E-state index in [1.165, 1.54) is 38.5 Å². The second kappa shape index (κ2) is 9.80. The summed E-state index contributed by atoms with van der Waals surface area (Å²) in [6, 6.07) is 0. The molecule has 0 saturated carbocycles. The lowest BCUT2D eigenvalue weighted by atomic mass is 9.69. The van der Waals surface area contributed by atoms with Gasteiger partial charge < -0.3 is 5.11 Å². The number of aliphatic hydroxyl groups is 1. The lowest BCUT2D eigenvalue weighted by molar-refractivity contribution is -0.0132. The zero-order valence-corrected chi connectivity index (χ0v) is 14.3. The van der Waals surface area contributed by atoms with Crippen LogP contribution in [0.15, 0.2) is 0 Å². The summed E-state index contributed by atoms with van der Waals surface area (Å²) >= 11 is 0. The minimum absolute atomic E-state index is 0.0950. The van der Waals surface area contributed by atoms with Gasteiger partial charge in [-0.15, -0.1) is 0 Å². The molecular formula is C18H38O. The van der Waals surface area contributed by atoms with E-state index in [2.05, 4.69) is 41.5 Å². The van der Waals surface area contributed by atoms with Crippen molar-refractivity contribution in [3.63, 3.8) is 0 Å². The Morgan fingerprint density at radius 3 is 2.00 bits per heavy atom. The van der Waals surface area contributed by atoms with Crippen LogP contribution in [-0.4, -0.2) is 11.2 Å². The van der Waals surface area contributed by atoms with Crippen LogP contribution in [0.4, 0.5) is 0 Å². The molecule has 0 aliphatic rings. The van der Waals surface area contributed by atoms with Gasteiger partial charge in [0.15, 0.2) is 0 Å². The number of hydrogen-bond donors (Lipinski definition) is 1. The molecule has 0 spiro atoms. The molecule has 0 aromatic heterocycles. The van der Waals surface area contributed by atoms with Crippen molar-refractivity contribution in [1.82, 2.24) is 0 Å². The molecule has 0 radical (unpaired) electrons. The van der Waals surface area contributed by atoms with Crippen LogP contribution in [-0.2, 0) is 0 Å². The van der Waals surface area contributed by atoms with Gasteiger partial charge in [-0.25, -0.2) is 0 Å². The molecule has 1 heteroatoms. The molecule has 1 N–H and O–H groups in total. The molecule has 0 rings (SSSR count).